The van der Waals surface area contributed by atoms with E-state index >= 15 is 0 Å². The number of carbonyl (C=O) groups is 2. The van der Waals surface area contributed by atoms with Gasteiger partial charge in [0.1, 0.15) is 37.9 Å². The minimum absolute atomic E-state index is 0.0470. The molecule has 2 atom stereocenters. The molecule has 2 unspecified atom stereocenters. The van der Waals surface area contributed by atoms with Crippen molar-refractivity contribution in [2.24, 2.45) is 11.5 Å². The van der Waals surface area contributed by atoms with Crippen LogP contribution in [0.2, 0.25) is 0 Å². The number of carbonyl (C=O) groups excluding carboxylic acids is 2. The van der Waals surface area contributed by atoms with Gasteiger partial charge in [0.2, 0.25) is 0 Å². The average Bonchev–Trinajstić information content (AvgIpc) is 2.96. The lowest BCUT2D eigenvalue weighted by atomic mass is 9.79. The van der Waals surface area contributed by atoms with E-state index in [-0.39, 0.29) is 26.4 Å². The largest absolute Gasteiger partial charge is 0.491 e. The fourth-order valence-electron chi connectivity index (χ4n) is 5.30. The number of hydrogen-bond acceptors (Lipinski definition) is 8. The molecule has 0 saturated heterocycles. The Kier molecular flexibility index (Phi) is 12.2. The van der Waals surface area contributed by atoms with Gasteiger partial charge in [-0.3, -0.25) is 0 Å². The van der Waals surface area contributed by atoms with Crippen molar-refractivity contribution in [3.05, 3.63) is 48.6 Å². The Morgan fingerprint density at radius 2 is 1.11 bits per heavy atom. The molecule has 0 spiro atoms. The number of nitrogens with two attached hydrogens (primary N) is 2. The fraction of sp³-hybridized carbons (Fsp3) is 0.600. The minimum atomic E-state index is -0.508. The topological polar surface area (TPSA) is 123 Å². The molecular formula is C30H44N2O6. The Morgan fingerprint density at radius 1 is 0.711 bits per heavy atom. The van der Waals surface area contributed by atoms with Gasteiger partial charge in [-0.2, -0.15) is 0 Å². The molecule has 0 heterocycles. The molecule has 38 heavy (non-hydrogen) atoms. The van der Waals surface area contributed by atoms with Gasteiger partial charge in [0.05, 0.1) is 12.1 Å². The van der Waals surface area contributed by atoms with Crippen molar-refractivity contribution >= 4 is 11.9 Å². The van der Waals surface area contributed by atoms with Gasteiger partial charge in [0, 0.05) is 18.2 Å². The molecule has 0 amide bonds. The summed E-state index contributed by atoms with van der Waals surface area (Å²) < 4.78 is 22.7. The summed E-state index contributed by atoms with van der Waals surface area (Å²) in [6.45, 7) is 7.31. The van der Waals surface area contributed by atoms with Crippen molar-refractivity contribution < 1.29 is 28.5 Å². The second kappa shape index (κ2) is 15.5. The Morgan fingerprint density at radius 3 is 1.47 bits per heavy atom. The van der Waals surface area contributed by atoms with Crippen molar-refractivity contribution in [3.63, 3.8) is 0 Å². The van der Waals surface area contributed by atoms with E-state index in [9.17, 15) is 9.59 Å². The molecule has 8 nitrogen and oxygen atoms in total. The van der Waals surface area contributed by atoms with E-state index in [1.165, 1.54) is 49.7 Å². The molecule has 0 bridgehead atoms. The highest BCUT2D eigenvalue weighted by atomic mass is 16.5. The van der Waals surface area contributed by atoms with Crippen molar-refractivity contribution in [2.45, 2.75) is 88.1 Å². The summed E-state index contributed by atoms with van der Waals surface area (Å²) in [4.78, 5) is 22.8. The van der Waals surface area contributed by atoms with Crippen LogP contribution in [0, 0.1) is 0 Å². The number of benzene rings is 1. The Balaban J connectivity index is 1.83. The molecule has 1 aromatic carbocycles. The summed E-state index contributed by atoms with van der Waals surface area (Å²) in [5, 5.41) is 0. The molecule has 2 fully saturated rings. The summed E-state index contributed by atoms with van der Waals surface area (Å²) >= 11 is 0. The molecule has 0 aliphatic heterocycles. The average molecular weight is 529 g/mol. The molecule has 2 saturated carbocycles. The third-order valence-electron chi connectivity index (χ3n) is 7.35. The Hall–Kier alpha value is -2.84. The molecule has 8 heteroatoms. The summed E-state index contributed by atoms with van der Waals surface area (Å²) in [5.74, 6) is 1.33. The number of hydrogen-bond donors (Lipinski definition) is 2. The zero-order valence-electron chi connectivity index (χ0n) is 22.5. The van der Waals surface area contributed by atoms with Crippen LogP contribution in [0.3, 0.4) is 0 Å². The van der Waals surface area contributed by atoms with Gasteiger partial charge < -0.3 is 30.4 Å². The molecular weight excluding hydrogens is 484 g/mol. The highest BCUT2D eigenvalue weighted by Crippen LogP contribution is 2.45. The first-order valence-corrected chi connectivity index (χ1v) is 13.9. The third-order valence-corrected chi connectivity index (χ3v) is 7.35. The first kappa shape index (κ1) is 29.7. The molecule has 0 radical (unpaired) electrons. The number of esters is 2. The van der Waals surface area contributed by atoms with Crippen molar-refractivity contribution in [2.75, 3.05) is 26.4 Å². The van der Waals surface area contributed by atoms with Crippen molar-refractivity contribution in [3.8, 4) is 11.5 Å². The molecule has 2 aliphatic carbocycles. The second-order valence-electron chi connectivity index (χ2n) is 10.4. The predicted molar refractivity (Wildman–Crippen MR) is 147 cm³/mol. The van der Waals surface area contributed by atoms with Crippen LogP contribution in [0.4, 0.5) is 0 Å². The van der Waals surface area contributed by atoms with Gasteiger partial charge in [-0.05, 0) is 54.7 Å². The zero-order valence-corrected chi connectivity index (χ0v) is 22.5. The van der Waals surface area contributed by atoms with Gasteiger partial charge in [-0.1, -0.05) is 51.7 Å². The van der Waals surface area contributed by atoms with E-state index in [0.717, 1.165) is 49.3 Å². The molecule has 2 aliphatic rings. The highest BCUT2D eigenvalue weighted by molar-refractivity contribution is 5.81. The maximum Gasteiger partial charge on any atom is 0.330 e. The van der Waals surface area contributed by atoms with Crippen LogP contribution in [0.5, 0.6) is 11.5 Å². The lowest BCUT2D eigenvalue weighted by Gasteiger charge is -2.30. The first-order chi connectivity index (χ1) is 18.4. The van der Waals surface area contributed by atoms with E-state index in [1.807, 2.05) is 6.07 Å². The Labute approximate surface area is 226 Å². The van der Waals surface area contributed by atoms with Crippen molar-refractivity contribution in [1.82, 2.24) is 0 Å². The normalized spacial score (nSPS) is 18.2. The van der Waals surface area contributed by atoms with Gasteiger partial charge >= 0.3 is 11.9 Å². The van der Waals surface area contributed by atoms with Gasteiger partial charge in [0.15, 0.2) is 0 Å². The van der Waals surface area contributed by atoms with Crippen LogP contribution in [-0.2, 0) is 19.1 Å². The summed E-state index contributed by atoms with van der Waals surface area (Å²) in [7, 11) is 0. The van der Waals surface area contributed by atoms with E-state index in [0.29, 0.717) is 11.8 Å². The quantitative estimate of drug-likeness (QED) is 0.264. The standard InChI is InChI=1S/C30H44N2O6/c1-3-29(33)37-19-23(31)17-35-27-16-28(36-18-24(32)20-38-30(34)4-2)26(22-13-9-6-10-14-22)15-25(27)21-11-7-5-8-12-21/h3-4,15-16,21-24H,1-2,5-14,17-20,31-32H2. The monoisotopic (exact) mass is 528 g/mol. The zero-order chi connectivity index (χ0) is 27.3. The van der Waals surface area contributed by atoms with Crippen LogP contribution in [-0.4, -0.2) is 50.4 Å². The molecule has 1 aromatic rings. The maximum absolute atomic E-state index is 11.4. The van der Waals surface area contributed by atoms with E-state index in [4.69, 9.17) is 30.4 Å². The SMILES string of the molecule is C=CC(=O)OCC(N)COc1cc(OCC(N)COC(=O)C=C)c(C2CCCCC2)cc1C1CCCCC1. The van der Waals surface area contributed by atoms with Crippen LogP contribution in [0.15, 0.2) is 37.4 Å². The molecule has 210 valence electrons. The van der Waals surface area contributed by atoms with Crippen LogP contribution < -0.4 is 20.9 Å². The van der Waals surface area contributed by atoms with Gasteiger partial charge in [0.25, 0.3) is 0 Å². The van der Waals surface area contributed by atoms with Crippen LogP contribution >= 0.6 is 0 Å². The third kappa shape index (κ3) is 9.17. The van der Waals surface area contributed by atoms with Crippen LogP contribution in [0.1, 0.15) is 87.2 Å². The first-order valence-electron chi connectivity index (χ1n) is 13.9. The lowest BCUT2D eigenvalue weighted by molar-refractivity contribution is -0.139. The highest BCUT2D eigenvalue weighted by Gasteiger charge is 2.27. The van der Waals surface area contributed by atoms with E-state index in [2.05, 4.69) is 19.2 Å². The molecule has 4 N–H and O–H groups in total. The smallest absolute Gasteiger partial charge is 0.330 e. The predicted octanol–water partition coefficient (Wildman–Crippen LogP) is 4.65. The van der Waals surface area contributed by atoms with E-state index < -0.39 is 24.0 Å². The fourth-order valence-corrected chi connectivity index (χ4v) is 5.30. The van der Waals surface area contributed by atoms with Gasteiger partial charge in [-0.15, -0.1) is 0 Å². The van der Waals surface area contributed by atoms with E-state index in [1.54, 1.807) is 0 Å². The summed E-state index contributed by atoms with van der Waals surface area (Å²) in [5.41, 5.74) is 14.8. The van der Waals surface area contributed by atoms with Gasteiger partial charge in [-0.25, -0.2) is 9.59 Å². The maximum atomic E-state index is 11.4. The molecule has 0 aromatic heterocycles. The summed E-state index contributed by atoms with van der Waals surface area (Å²) in [6.07, 6.45) is 14.1. The minimum Gasteiger partial charge on any atom is -0.491 e. The van der Waals surface area contributed by atoms with Crippen LogP contribution in [0.25, 0.3) is 0 Å². The lowest BCUT2D eigenvalue weighted by Crippen LogP contribution is -2.34. The number of ether oxygens (including phenoxy) is 4. The molecule has 3 rings (SSSR count). The number of rotatable bonds is 14. The Bertz CT molecular complexity index is 866. The second-order valence-corrected chi connectivity index (χ2v) is 10.4. The summed E-state index contributed by atoms with van der Waals surface area (Å²) in [6, 6.07) is 3.32. The van der Waals surface area contributed by atoms with Crippen molar-refractivity contribution in [1.29, 1.82) is 0 Å².